The Balaban J connectivity index is 2.04. The van der Waals surface area contributed by atoms with Crippen molar-refractivity contribution in [2.45, 2.75) is 32.4 Å². The van der Waals surface area contributed by atoms with Gasteiger partial charge in [-0.25, -0.2) is 4.68 Å². The molecule has 7 heteroatoms. The van der Waals surface area contributed by atoms with E-state index in [0.29, 0.717) is 13.0 Å². The van der Waals surface area contributed by atoms with Crippen LogP contribution in [-0.2, 0) is 11.3 Å². The van der Waals surface area contributed by atoms with Crippen LogP contribution in [0.1, 0.15) is 30.3 Å². The van der Waals surface area contributed by atoms with E-state index in [-0.39, 0.29) is 17.3 Å². The summed E-state index contributed by atoms with van der Waals surface area (Å²) in [5, 5.41) is 15.6. The molecule has 21 heavy (non-hydrogen) atoms. The molecule has 1 aromatic rings. The minimum atomic E-state index is -0.905. The summed E-state index contributed by atoms with van der Waals surface area (Å²) >= 11 is 0. The third-order valence-corrected chi connectivity index (χ3v) is 3.25. The van der Waals surface area contributed by atoms with Crippen molar-refractivity contribution >= 4 is 11.9 Å². The lowest BCUT2D eigenvalue weighted by molar-refractivity contribution is -0.140. The van der Waals surface area contributed by atoms with Crippen molar-refractivity contribution in [1.82, 2.24) is 15.1 Å². The molecule has 1 aromatic heterocycles. The third-order valence-electron chi connectivity index (χ3n) is 3.25. The quantitative estimate of drug-likeness (QED) is 0.765. The number of carbonyl (C=O) groups is 2. The molecule has 0 spiro atoms. The van der Waals surface area contributed by atoms with Crippen LogP contribution in [0.5, 0.6) is 0 Å². The smallest absolute Gasteiger partial charge is 0.310 e. The molecule has 2 N–H and O–H groups in total. The average Bonchev–Trinajstić information content (AvgIpc) is 2.90. The van der Waals surface area contributed by atoms with Gasteiger partial charge in [0.05, 0.1) is 5.92 Å². The molecule has 7 nitrogen and oxygen atoms in total. The predicted octanol–water partition coefficient (Wildman–Crippen LogP) is 0.412. The molecule has 1 aliphatic carbocycles. The number of carbonyl (C=O) groups excluding carboxylic acids is 1. The number of nitrogens with zero attached hydrogens (tertiary/aromatic N) is 2. The number of aliphatic carboxylic acids is 1. The lowest BCUT2D eigenvalue weighted by Gasteiger charge is -2.12. The van der Waals surface area contributed by atoms with Gasteiger partial charge >= 0.3 is 5.97 Å². The molecule has 112 valence electrons. The highest BCUT2D eigenvalue weighted by Crippen LogP contribution is 2.18. The molecule has 0 bridgehead atoms. The third kappa shape index (κ3) is 3.56. The Morgan fingerprint density at radius 2 is 2.19 bits per heavy atom. The minimum Gasteiger partial charge on any atom is -0.481 e. The van der Waals surface area contributed by atoms with Gasteiger partial charge in [0.25, 0.3) is 11.5 Å². The number of nitrogens with one attached hydrogen (secondary N) is 1. The summed E-state index contributed by atoms with van der Waals surface area (Å²) in [5.41, 5.74) is -0.102. The maximum Gasteiger partial charge on any atom is 0.310 e. The van der Waals surface area contributed by atoms with Crippen molar-refractivity contribution in [2.75, 3.05) is 0 Å². The van der Waals surface area contributed by atoms with Gasteiger partial charge in [-0.05, 0) is 18.9 Å². The van der Waals surface area contributed by atoms with E-state index < -0.39 is 17.8 Å². The SMILES string of the molecule is CCCn1nc(C(=O)NC2C=CC(C(=O)O)C2)ccc1=O. The summed E-state index contributed by atoms with van der Waals surface area (Å²) in [4.78, 5) is 34.5. The van der Waals surface area contributed by atoms with E-state index in [1.54, 1.807) is 12.2 Å². The van der Waals surface area contributed by atoms with Crippen LogP contribution in [-0.4, -0.2) is 32.8 Å². The Morgan fingerprint density at radius 1 is 1.43 bits per heavy atom. The number of hydrogen-bond acceptors (Lipinski definition) is 4. The van der Waals surface area contributed by atoms with Crippen LogP contribution in [0, 0.1) is 5.92 Å². The fraction of sp³-hybridized carbons (Fsp3) is 0.429. The van der Waals surface area contributed by atoms with E-state index in [1.165, 1.54) is 16.8 Å². The monoisotopic (exact) mass is 291 g/mol. The number of carboxylic acids is 1. The zero-order valence-electron chi connectivity index (χ0n) is 11.7. The minimum absolute atomic E-state index is 0.148. The first-order valence-corrected chi connectivity index (χ1v) is 6.81. The molecule has 1 amide bonds. The first-order valence-electron chi connectivity index (χ1n) is 6.81. The first-order chi connectivity index (χ1) is 10.0. The highest BCUT2D eigenvalue weighted by molar-refractivity contribution is 5.92. The molecule has 2 rings (SSSR count). The Bertz CT molecular complexity index is 635. The van der Waals surface area contributed by atoms with Crippen LogP contribution in [0.15, 0.2) is 29.1 Å². The van der Waals surface area contributed by atoms with Gasteiger partial charge in [0.2, 0.25) is 0 Å². The molecule has 2 atom stereocenters. The van der Waals surface area contributed by atoms with Crippen molar-refractivity contribution in [3.8, 4) is 0 Å². The van der Waals surface area contributed by atoms with Crippen LogP contribution < -0.4 is 10.9 Å². The molecular weight excluding hydrogens is 274 g/mol. The Morgan fingerprint density at radius 3 is 2.81 bits per heavy atom. The zero-order valence-corrected chi connectivity index (χ0v) is 11.7. The number of amides is 1. The summed E-state index contributed by atoms with van der Waals surface area (Å²) in [5.74, 6) is -1.89. The van der Waals surface area contributed by atoms with Crippen molar-refractivity contribution in [3.63, 3.8) is 0 Å². The van der Waals surface area contributed by atoms with Gasteiger partial charge in [-0.15, -0.1) is 0 Å². The van der Waals surface area contributed by atoms with E-state index in [0.717, 1.165) is 6.42 Å². The van der Waals surface area contributed by atoms with E-state index >= 15 is 0 Å². The standard InChI is InChI=1S/C14H17N3O4/c1-2-7-17-12(18)6-5-11(16-17)13(19)15-10-4-3-9(8-10)14(20)21/h3-6,9-10H,2,7-8H2,1H3,(H,15,19)(H,20,21). The van der Waals surface area contributed by atoms with Crippen LogP contribution in [0.2, 0.25) is 0 Å². The normalized spacial score (nSPS) is 20.4. The Kier molecular flexibility index (Phi) is 4.52. The molecule has 2 unspecified atom stereocenters. The number of carboxylic acid groups (broad SMARTS) is 1. The van der Waals surface area contributed by atoms with Crippen molar-refractivity contribution in [3.05, 3.63) is 40.3 Å². The van der Waals surface area contributed by atoms with Crippen molar-refractivity contribution < 1.29 is 14.7 Å². The molecule has 0 radical (unpaired) electrons. The molecule has 1 aliphatic rings. The van der Waals surface area contributed by atoms with Crippen molar-refractivity contribution in [1.29, 1.82) is 0 Å². The summed E-state index contributed by atoms with van der Waals surface area (Å²) < 4.78 is 1.25. The highest BCUT2D eigenvalue weighted by atomic mass is 16.4. The summed E-state index contributed by atoms with van der Waals surface area (Å²) in [6, 6.07) is 2.35. The van der Waals surface area contributed by atoms with Gasteiger partial charge in [0.1, 0.15) is 5.69 Å². The molecule has 1 heterocycles. The molecular formula is C14H17N3O4. The summed E-state index contributed by atoms with van der Waals surface area (Å²) in [6.45, 7) is 2.36. The zero-order chi connectivity index (χ0) is 15.4. The molecule has 0 fully saturated rings. The number of aryl methyl sites for hydroxylation is 1. The van der Waals surface area contributed by atoms with E-state index in [1.807, 2.05) is 6.92 Å². The van der Waals surface area contributed by atoms with Gasteiger partial charge in [-0.3, -0.25) is 14.4 Å². The molecule has 0 aromatic carbocycles. The first kappa shape index (κ1) is 15.0. The summed E-state index contributed by atoms with van der Waals surface area (Å²) in [6.07, 6.45) is 4.30. The van der Waals surface area contributed by atoms with E-state index in [2.05, 4.69) is 10.4 Å². The molecule has 0 saturated heterocycles. The summed E-state index contributed by atoms with van der Waals surface area (Å²) in [7, 11) is 0. The Hall–Kier alpha value is -2.44. The van der Waals surface area contributed by atoms with Gasteiger partial charge in [-0.2, -0.15) is 5.10 Å². The van der Waals surface area contributed by atoms with E-state index in [9.17, 15) is 14.4 Å². The predicted molar refractivity (Wildman–Crippen MR) is 74.9 cm³/mol. The van der Waals surface area contributed by atoms with Gasteiger partial charge in [-0.1, -0.05) is 19.1 Å². The molecule has 0 aliphatic heterocycles. The van der Waals surface area contributed by atoms with E-state index in [4.69, 9.17) is 5.11 Å². The van der Waals surface area contributed by atoms with Gasteiger partial charge < -0.3 is 10.4 Å². The number of hydrogen-bond donors (Lipinski definition) is 2. The van der Waals surface area contributed by atoms with Crippen LogP contribution in [0.4, 0.5) is 0 Å². The second kappa shape index (κ2) is 6.34. The lowest BCUT2D eigenvalue weighted by Crippen LogP contribution is -2.35. The van der Waals surface area contributed by atoms with Gasteiger partial charge in [0.15, 0.2) is 0 Å². The largest absolute Gasteiger partial charge is 0.481 e. The lowest BCUT2D eigenvalue weighted by atomic mass is 10.1. The second-order valence-corrected chi connectivity index (χ2v) is 4.93. The maximum absolute atomic E-state index is 12.1. The van der Waals surface area contributed by atoms with Crippen LogP contribution in [0.25, 0.3) is 0 Å². The topological polar surface area (TPSA) is 101 Å². The fourth-order valence-corrected chi connectivity index (χ4v) is 2.17. The average molecular weight is 291 g/mol. The Labute approximate surface area is 121 Å². The fourth-order valence-electron chi connectivity index (χ4n) is 2.17. The second-order valence-electron chi connectivity index (χ2n) is 4.93. The number of aromatic nitrogens is 2. The van der Waals surface area contributed by atoms with Crippen molar-refractivity contribution in [2.24, 2.45) is 5.92 Å². The van der Waals surface area contributed by atoms with Gasteiger partial charge in [0, 0.05) is 18.7 Å². The maximum atomic E-state index is 12.1. The number of rotatable bonds is 5. The van der Waals surface area contributed by atoms with Crippen LogP contribution in [0.3, 0.4) is 0 Å². The van der Waals surface area contributed by atoms with Crippen LogP contribution >= 0.6 is 0 Å². The molecule has 0 saturated carbocycles. The highest BCUT2D eigenvalue weighted by Gasteiger charge is 2.26.